The second-order valence-corrected chi connectivity index (χ2v) is 21.6. The van der Waals surface area contributed by atoms with Crippen LogP contribution in [0.3, 0.4) is 0 Å². The van der Waals surface area contributed by atoms with E-state index >= 15 is 0 Å². The molecule has 0 bridgehead atoms. The van der Waals surface area contributed by atoms with E-state index in [1.807, 2.05) is 136 Å². The maximum Gasteiger partial charge on any atom is 0.256 e. The second kappa shape index (κ2) is 33.4. The fourth-order valence-electron chi connectivity index (χ4n) is 7.01. The van der Waals surface area contributed by atoms with Crippen molar-refractivity contribution in [1.82, 2.24) is 19.6 Å². The fourth-order valence-corrected chi connectivity index (χ4v) is 16.3. The maximum atomic E-state index is 14.1. The summed E-state index contributed by atoms with van der Waals surface area (Å²) >= 11 is 11.0. The van der Waals surface area contributed by atoms with Gasteiger partial charge in [-0.15, -0.1) is 0 Å². The zero-order valence-electron chi connectivity index (χ0n) is 38.6. The topological polar surface area (TPSA) is 333 Å². The van der Waals surface area contributed by atoms with Crippen LogP contribution in [0.1, 0.15) is 55.3 Å². The first kappa shape index (κ1) is 66.3. The lowest BCUT2D eigenvalue weighted by atomic mass is 10.0. The third kappa shape index (κ3) is 17.6. The molecule has 0 aliphatic rings. The second-order valence-electron chi connectivity index (χ2n) is 15.1. The molecule has 0 heterocycles. The van der Waals surface area contributed by atoms with Crippen molar-refractivity contribution in [2.45, 2.75) is 26.1 Å². The molecule has 2 atom stereocenters. The lowest BCUT2D eigenvalue weighted by molar-refractivity contribution is -0.117. The number of halogens is 6. The van der Waals surface area contributed by atoms with Gasteiger partial charge in [0.1, 0.15) is 0 Å². The van der Waals surface area contributed by atoms with E-state index in [1.165, 1.54) is 13.8 Å². The van der Waals surface area contributed by atoms with Crippen LogP contribution >= 0.6 is 136 Å². The monoisotopic (exact) mass is 1680 g/mol. The maximum absolute atomic E-state index is 14.1. The summed E-state index contributed by atoms with van der Waals surface area (Å²) in [5.41, 5.74) is -0.123. The molecule has 0 aliphatic heterocycles. The molecule has 2 rings (SSSR count). The van der Waals surface area contributed by atoms with Crippen molar-refractivity contribution < 1.29 is 84.6 Å². The number of hydrogen-bond acceptors (Lipinski definition) is 17. The minimum absolute atomic E-state index is 0.0482. The molecular weight excluding hydrogens is 1620 g/mol. The number of aliphatic hydroxyl groups excluding tert-OH is 10. The largest absolute Gasteiger partial charge is 0.395 e. The van der Waals surface area contributed by atoms with Gasteiger partial charge in [0.2, 0.25) is 11.8 Å². The van der Waals surface area contributed by atoms with Crippen LogP contribution in [0.25, 0.3) is 0 Å². The Balaban J connectivity index is 2.65. The van der Waals surface area contributed by atoms with Gasteiger partial charge in [-0.3, -0.25) is 28.8 Å². The van der Waals surface area contributed by atoms with Gasteiger partial charge in [-0.2, -0.15) is 0 Å². The van der Waals surface area contributed by atoms with Crippen LogP contribution in [0.2, 0.25) is 0 Å². The predicted octanol–water partition coefficient (Wildman–Crippen LogP) is -0.834. The standard InChI is InChI=1S/C42H58I6N6O17/c1-23(63)53(37-33(45)27(39(67)49(3-11-55)4-12-56)31(43)28(34(37)46)40(68)50(5-13-57)6-14-58)19-25(65)21-71-22-26(66)20-54(24(2)64)38-35(47)29(41(69)51(7-15-59)8-16-60)32(44)30(36(38)48)42(70)52(9-17-61)10-18-62/h25-26,55-62,65-66H,3-22H2,1-2H3. The summed E-state index contributed by atoms with van der Waals surface area (Å²) in [4.78, 5) is 90.5. The summed E-state index contributed by atoms with van der Waals surface area (Å²) in [5.74, 6) is -4.04. The highest BCUT2D eigenvalue weighted by atomic mass is 127. The molecule has 2 aromatic rings. The Kier molecular flexibility index (Phi) is 31.2. The van der Waals surface area contributed by atoms with Gasteiger partial charge in [-0.05, 0) is 136 Å². The Bertz CT molecular complexity index is 1900. The molecule has 2 aromatic carbocycles. The van der Waals surface area contributed by atoms with Crippen LogP contribution in [0.4, 0.5) is 11.4 Å². The van der Waals surface area contributed by atoms with Crippen molar-refractivity contribution >= 4 is 182 Å². The molecule has 2 unspecified atom stereocenters. The van der Waals surface area contributed by atoms with Crippen molar-refractivity contribution in [2.24, 2.45) is 0 Å². The molecule has 0 saturated carbocycles. The molecule has 10 N–H and O–H groups in total. The first-order valence-electron chi connectivity index (χ1n) is 21.6. The molecule has 0 aliphatic carbocycles. The summed E-state index contributed by atoms with van der Waals surface area (Å²) < 4.78 is 6.72. The number of anilines is 2. The Morgan fingerprint density at radius 2 is 0.592 bits per heavy atom. The molecule has 6 amide bonds. The van der Waals surface area contributed by atoms with Gasteiger partial charge in [0.15, 0.2) is 0 Å². The molecular formula is C42H58I6N6O17. The van der Waals surface area contributed by atoms with Crippen LogP contribution in [0.15, 0.2) is 0 Å². The number of ether oxygens (including phenoxy) is 1. The van der Waals surface area contributed by atoms with E-state index in [1.54, 1.807) is 0 Å². The van der Waals surface area contributed by atoms with Gasteiger partial charge < -0.3 is 85.2 Å². The number of hydrogen-bond donors (Lipinski definition) is 10. The van der Waals surface area contributed by atoms with E-state index in [0.29, 0.717) is 0 Å². The molecule has 29 heteroatoms. The van der Waals surface area contributed by atoms with E-state index in [9.17, 15) is 79.8 Å². The number of nitrogens with zero attached hydrogens (tertiary/aromatic N) is 6. The highest BCUT2D eigenvalue weighted by molar-refractivity contribution is 14.1. The lowest BCUT2D eigenvalue weighted by Gasteiger charge is -2.32. The van der Waals surface area contributed by atoms with E-state index in [-0.39, 0.29) is 107 Å². The highest BCUT2D eigenvalue weighted by Gasteiger charge is 2.37. The lowest BCUT2D eigenvalue weighted by Crippen LogP contribution is -2.43. The average molecular weight is 1680 g/mol. The van der Waals surface area contributed by atoms with Gasteiger partial charge in [0.25, 0.3) is 23.6 Å². The molecule has 71 heavy (non-hydrogen) atoms. The van der Waals surface area contributed by atoms with E-state index in [4.69, 9.17) is 4.74 Å². The quantitative estimate of drug-likeness (QED) is 0.0427. The minimum atomic E-state index is -1.48. The molecule has 0 radical (unpaired) electrons. The van der Waals surface area contributed by atoms with E-state index < -0.39 is 127 Å². The zero-order chi connectivity index (χ0) is 53.9. The molecule has 400 valence electrons. The third-order valence-electron chi connectivity index (χ3n) is 10.3. The van der Waals surface area contributed by atoms with Crippen LogP contribution in [0.5, 0.6) is 0 Å². The molecule has 0 saturated heterocycles. The van der Waals surface area contributed by atoms with Gasteiger partial charge in [-0.1, -0.05) is 0 Å². The average Bonchev–Trinajstić information content (AvgIpc) is 3.30. The molecule has 0 spiro atoms. The normalized spacial score (nSPS) is 12.1. The Morgan fingerprint density at radius 3 is 0.761 bits per heavy atom. The number of carbonyl (C=O) groups excluding carboxylic acids is 6. The highest BCUT2D eigenvalue weighted by Crippen LogP contribution is 2.41. The predicted molar refractivity (Wildman–Crippen MR) is 308 cm³/mol. The van der Waals surface area contributed by atoms with Crippen molar-refractivity contribution in [2.75, 3.05) is 141 Å². The van der Waals surface area contributed by atoms with Gasteiger partial charge in [-0.25, -0.2) is 0 Å². The van der Waals surface area contributed by atoms with Gasteiger partial charge in [0, 0.05) is 73.3 Å². The molecule has 0 fully saturated rings. The zero-order valence-corrected chi connectivity index (χ0v) is 51.5. The minimum Gasteiger partial charge on any atom is -0.395 e. The summed E-state index contributed by atoms with van der Waals surface area (Å²) in [6.07, 6.45) is -2.97. The SMILES string of the molecule is CC(=O)N(CC(O)COCC(O)CN(C(C)=O)c1c(I)c(C(=O)N(CCO)CCO)c(I)c(C(=O)N(CCO)CCO)c1I)c1c(I)c(C(=O)N(CCO)CCO)c(I)c(C(=O)N(CCO)CCO)c1I. The summed E-state index contributed by atoms with van der Waals surface area (Å²) in [6, 6.07) is 0. The van der Waals surface area contributed by atoms with Crippen LogP contribution in [0, 0.1) is 21.4 Å². The van der Waals surface area contributed by atoms with Crippen molar-refractivity contribution in [1.29, 1.82) is 0 Å². The Hall–Kier alpha value is -0.800. The van der Waals surface area contributed by atoms with Crippen molar-refractivity contribution in [3.63, 3.8) is 0 Å². The van der Waals surface area contributed by atoms with Crippen LogP contribution in [-0.4, -0.2) is 250 Å². The summed E-state index contributed by atoms with van der Waals surface area (Å²) in [5, 5.41) is 101. The fraction of sp³-hybridized carbons (Fsp3) is 0.571. The van der Waals surface area contributed by atoms with Crippen molar-refractivity contribution in [3.05, 3.63) is 43.7 Å². The first-order chi connectivity index (χ1) is 33.6. The number of aliphatic hydroxyl groups is 10. The van der Waals surface area contributed by atoms with Crippen molar-refractivity contribution in [3.8, 4) is 0 Å². The smallest absolute Gasteiger partial charge is 0.256 e. The molecule has 0 aromatic heterocycles. The third-order valence-corrected chi connectivity index (χ3v) is 16.6. The van der Waals surface area contributed by atoms with E-state index in [0.717, 1.165) is 29.4 Å². The number of benzene rings is 2. The summed E-state index contributed by atoms with van der Waals surface area (Å²) in [7, 11) is 0. The van der Waals surface area contributed by atoms with Crippen LogP contribution in [-0.2, 0) is 14.3 Å². The Labute approximate surface area is 492 Å². The van der Waals surface area contributed by atoms with E-state index in [2.05, 4.69) is 0 Å². The van der Waals surface area contributed by atoms with Crippen LogP contribution < -0.4 is 9.80 Å². The number of carbonyl (C=O) groups is 6. The molecule has 23 nitrogen and oxygen atoms in total. The number of amides is 6. The van der Waals surface area contributed by atoms with Gasteiger partial charge in [0.05, 0.1) is 139 Å². The number of rotatable bonds is 30. The Morgan fingerprint density at radius 1 is 0.394 bits per heavy atom. The summed E-state index contributed by atoms with van der Waals surface area (Å²) in [6.45, 7) is -4.76. The first-order valence-corrected chi connectivity index (χ1v) is 28.0. The van der Waals surface area contributed by atoms with Gasteiger partial charge >= 0.3 is 0 Å².